The number of amides is 3. The zero-order valence-electron chi connectivity index (χ0n) is 17.6. The molecule has 0 unspecified atom stereocenters. The average molecular weight is 423 g/mol. The van der Waals surface area contributed by atoms with Gasteiger partial charge in [-0.25, -0.2) is 9.59 Å². The summed E-state index contributed by atoms with van der Waals surface area (Å²) in [5.41, 5.74) is 3.29. The Morgan fingerprint density at radius 2 is 1.94 bits per heavy atom. The van der Waals surface area contributed by atoms with E-state index in [4.69, 9.17) is 4.42 Å². The fraction of sp³-hybridized carbons (Fsp3) is 0.348. The summed E-state index contributed by atoms with van der Waals surface area (Å²) in [5.74, 6) is -0.731. The van der Waals surface area contributed by atoms with Crippen molar-refractivity contribution >= 4 is 29.7 Å². The van der Waals surface area contributed by atoms with E-state index in [-0.39, 0.29) is 18.0 Å². The van der Waals surface area contributed by atoms with Crippen LogP contribution in [0.3, 0.4) is 0 Å². The first kappa shape index (κ1) is 20.7. The van der Waals surface area contributed by atoms with Crippen molar-refractivity contribution in [1.29, 1.82) is 0 Å². The van der Waals surface area contributed by atoms with Crippen LogP contribution in [0.5, 0.6) is 0 Å². The first-order valence-electron chi connectivity index (χ1n) is 10.3. The Balaban J connectivity index is 1.49. The maximum atomic E-state index is 12.8. The third kappa shape index (κ3) is 4.33. The summed E-state index contributed by atoms with van der Waals surface area (Å²) in [5, 5.41) is 2.62. The molecule has 4 rings (SSSR count). The van der Waals surface area contributed by atoms with E-state index in [9.17, 15) is 14.4 Å². The van der Waals surface area contributed by atoms with E-state index in [1.807, 2.05) is 13.0 Å². The maximum Gasteiger partial charge on any atom is 0.373 e. The molecule has 0 radical (unpaired) electrons. The van der Waals surface area contributed by atoms with Crippen LogP contribution in [0, 0.1) is 6.92 Å². The summed E-state index contributed by atoms with van der Waals surface area (Å²) in [4.78, 5) is 40.1. The standard InChI is InChI=1S/C23H25N3O5/c1-15-12-17(25-10-4-3-5-11-25)7-6-16(15)13-19-21(27)26(23(29)24-19)14-18-8-9-20(31-18)22(28)30-2/h6-9,12-13H,3-5,10-11,14H2,1-2H3,(H,24,29). The van der Waals surface area contributed by atoms with Gasteiger partial charge in [0.1, 0.15) is 11.5 Å². The Morgan fingerprint density at radius 1 is 1.16 bits per heavy atom. The Kier molecular flexibility index (Phi) is 5.79. The van der Waals surface area contributed by atoms with Crippen LogP contribution in [0.25, 0.3) is 6.08 Å². The first-order chi connectivity index (χ1) is 15.0. The van der Waals surface area contributed by atoms with Crippen molar-refractivity contribution in [3.63, 3.8) is 0 Å². The van der Waals surface area contributed by atoms with E-state index in [1.54, 1.807) is 6.08 Å². The zero-order chi connectivity index (χ0) is 22.0. The SMILES string of the molecule is COC(=O)c1ccc(CN2C(=O)NC(=Cc3ccc(N4CCCCC4)cc3C)C2=O)o1. The second-order valence-corrected chi connectivity index (χ2v) is 7.73. The monoisotopic (exact) mass is 423 g/mol. The molecule has 31 heavy (non-hydrogen) atoms. The van der Waals surface area contributed by atoms with Gasteiger partial charge in [0.25, 0.3) is 5.91 Å². The molecule has 2 aliphatic rings. The van der Waals surface area contributed by atoms with E-state index in [0.29, 0.717) is 5.76 Å². The van der Waals surface area contributed by atoms with E-state index in [1.165, 1.54) is 44.2 Å². The molecule has 0 spiro atoms. The summed E-state index contributed by atoms with van der Waals surface area (Å²) >= 11 is 0. The van der Waals surface area contributed by atoms with Crippen LogP contribution in [0.4, 0.5) is 10.5 Å². The number of ether oxygens (including phenoxy) is 1. The van der Waals surface area contributed by atoms with Crippen molar-refractivity contribution in [1.82, 2.24) is 10.2 Å². The molecular weight excluding hydrogens is 398 g/mol. The number of hydrogen-bond donors (Lipinski definition) is 1. The Morgan fingerprint density at radius 3 is 2.65 bits per heavy atom. The minimum Gasteiger partial charge on any atom is -0.463 e. The summed E-state index contributed by atoms with van der Waals surface area (Å²) < 4.78 is 9.96. The number of piperidine rings is 1. The van der Waals surface area contributed by atoms with Crippen molar-refractivity contribution in [2.75, 3.05) is 25.1 Å². The fourth-order valence-corrected chi connectivity index (χ4v) is 3.87. The summed E-state index contributed by atoms with van der Waals surface area (Å²) in [7, 11) is 1.25. The van der Waals surface area contributed by atoms with Gasteiger partial charge in [-0.15, -0.1) is 0 Å². The number of nitrogens with zero attached hydrogens (tertiary/aromatic N) is 2. The maximum absolute atomic E-state index is 12.8. The highest BCUT2D eigenvalue weighted by molar-refractivity contribution is 6.13. The van der Waals surface area contributed by atoms with Gasteiger partial charge in [-0.1, -0.05) is 6.07 Å². The smallest absolute Gasteiger partial charge is 0.373 e. The van der Waals surface area contributed by atoms with Crippen LogP contribution >= 0.6 is 0 Å². The third-order valence-corrected chi connectivity index (χ3v) is 5.60. The lowest BCUT2D eigenvalue weighted by Gasteiger charge is -2.29. The number of urea groups is 1. The minimum absolute atomic E-state index is 0.0183. The van der Waals surface area contributed by atoms with Crippen molar-refractivity contribution in [3.8, 4) is 0 Å². The highest BCUT2D eigenvalue weighted by atomic mass is 16.5. The van der Waals surface area contributed by atoms with Gasteiger partial charge < -0.3 is 19.4 Å². The molecule has 2 saturated heterocycles. The number of aryl methyl sites for hydroxylation is 1. The lowest BCUT2D eigenvalue weighted by molar-refractivity contribution is -0.123. The molecule has 1 aromatic carbocycles. The third-order valence-electron chi connectivity index (χ3n) is 5.60. The number of furan rings is 1. The van der Waals surface area contributed by atoms with Crippen molar-refractivity contribution in [2.45, 2.75) is 32.7 Å². The molecule has 2 aromatic rings. The van der Waals surface area contributed by atoms with E-state index >= 15 is 0 Å². The predicted octanol–water partition coefficient (Wildman–Crippen LogP) is 3.46. The number of anilines is 1. The molecule has 2 aliphatic heterocycles. The van der Waals surface area contributed by atoms with Crippen LogP contribution in [0.15, 0.2) is 40.4 Å². The van der Waals surface area contributed by atoms with Crippen LogP contribution in [-0.2, 0) is 16.1 Å². The predicted molar refractivity (Wildman–Crippen MR) is 114 cm³/mol. The molecular formula is C23H25N3O5. The van der Waals surface area contributed by atoms with Gasteiger partial charge in [0, 0.05) is 18.8 Å². The summed E-state index contributed by atoms with van der Waals surface area (Å²) in [6, 6.07) is 8.61. The van der Waals surface area contributed by atoms with Crippen LogP contribution in [0.1, 0.15) is 46.7 Å². The fourth-order valence-electron chi connectivity index (χ4n) is 3.87. The van der Waals surface area contributed by atoms with Crippen LogP contribution in [-0.4, -0.2) is 43.0 Å². The van der Waals surface area contributed by atoms with Crippen LogP contribution in [0.2, 0.25) is 0 Å². The van der Waals surface area contributed by atoms with Gasteiger partial charge in [-0.05, 0) is 67.7 Å². The molecule has 0 aliphatic carbocycles. The molecule has 8 heteroatoms. The Bertz CT molecular complexity index is 1050. The molecule has 1 aromatic heterocycles. The highest BCUT2D eigenvalue weighted by Gasteiger charge is 2.34. The van der Waals surface area contributed by atoms with Crippen molar-refractivity contribution in [3.05, 3.63) is 58.7 Å². The topological polar surface area (TPSA) is 92.1 Å². The number of imide groups is 1. The van der Waals surface area contributed by atoms with Gasteiger partial charge in [0.05, 0.1) is 13.7 Å². The van der Waals surface area contributed by atoms with E-state index in [2.05, 4.69) is 27.1 Å². The number of esters is 1. The largest absolute Gasteiger partial charge is 0.463 e. The number of rotatable bonds is 5. The number of benzene rings is 1. The number of methoxy groups -OCH3 is 1. The number of carbonyl (C=O) groups excluding carboxylic acids is 3. The average Bonchev–Trinajstić information content (AvgIpc) is 3.35. The molecule has 8 nitrogen and oxygen atoms in total. The lowest BCUT2D eigenvalue weighted by atomic mass is 10.0. The minimum atomic E-state index is -0.618. The first-order valence-corrected chi connectivity index (χ1v) is 10.3. The second kappa shape index (κ2) is 8.67. The summed E-state index contributed by atoms with van der Waals surface area (Å²) in [6.07, 6.45) is 5.38. The van der Waals surface area contributed by atoms with E-state index in [0.717, 1.165) is 29.1 Å². The number of nitrogens with one attached hydrogen (secondary N) is 1. The Hall–Kier alpha value is -3.55. The molecule has 1 N–H and O–H groups in total. The molecule has 0 bridgehead atoms. The normalized spacial score (nSPS) is 17.9. The second-order valence-electron chi connectivity index (χ2n) is 7.73. The summed E-state index contributed by atoms with van der Waals surface area (Å²) in [6.45, 7) is 4.05. The molecule has 3 amide bonds. The number of hydrogen-bond acceptors (Lipinski definition) is 6. The molecule has 162 valence electrons. The number of carbonyl (C=O) groups is 3. The van der Waals surface area contributed by atoms with Gasteiger partial charge in [-0.2, -0.15) is 0 Å². The molecule has 0 saturated carbocycles. The van der Waals surface area contributed by atoms with Crippen molar-refractivity contribution < 1.29 is 23.5 Å². The van der Waals surface area contributed by atoms with Crippen LogP contribution < -0.4 is 10.2 Å². The quantitative estimate of drug-likeness (QED) is 0.450. The molecule has 0 atom stereocenters. The zero-order valence-corrected chi connectivity index (χ0v) is 17.6. The van der Waals surface area contributed by atoms with Gasteiger partial charge in [0.15, 0.2) is 0 Å². The van der Waals surface area contributed by atoms with E-state index < -0.39 is 17.9 Å². The Labute approximate surface area is 180 Å². The van der Waals surface area contributed by atoms with Gasteiger partial charge >= 0.3 is 12.0 Å². The van der Waals surface area contributed by atoms with Gasteiger partial charge in [0.2, 0.25) is 5.76 Å². The van der Waals surface area contributed by atoms with Gasteiger partial charge in [-0.3, -0.25) is 9.69 Å². The van der Waals surface area contributed by atoms with Crippen molar-refractivity contribution in [2.24, 2.45) is 0 Å². The highest BCUT2D eigenvalue weighted by Crippen LogP contribution is 2.25. The molecule has 2 fully saturated rings. The molecule has 3 heterocycles. The lowest BCUT2D eigenvalue weighted by Crippen LogP contribution is -2.30.